The lowest BCUT2D eigenvalue weighted by molar-refractivity contribution is 0.133. The van der Waals surface area contributed by atoms with Gasteiger partial charge in [0.15, 0.2) is 5.82 Å². The van der Waals surface area contributed by atoms with Gasteiger partial charge in [-0.3, -0.25) is 0 Å². The fourth-order valence-corrected chi connectivity index (χ4v) is 6.07. The third kappa shape index (κ3) is 5.76. The van der Waals surface area contributed by atoms with Crippen LogP contribution in [0.25, 0.3) is 22.3 Å². The first-order valence-corrected chi connectivity index (χ1v) is 14.6. The first kappa shape index (κ1) is 27.5. The van der Waals surface area contributed by atoms with Crippen LogP contribution in [0.5, 0.6) is 5.75 Å². The highest BCUT2D eigenvalue weighted by Gasteiger charge is 2.32. The summed E-state index contributed by atoms with van der Waals surface area (Å²) in [7, 11) is 0. The predicted molar refractivity (Wildman–Crippen MR) is 157 cm³/mol. The van der Waals surface area contributed by atoms with E-state index in [4.69, 9.17) is 14.8 Å². The summed E-state index contributed by atoms with van der Waals surface area (Å²) >= 11 is 0. The number of rotatable bonds is 9. The van der Waals surface area contributed by atoms with Gasteiger partial charge < -0.3 is 24.6 Å². The van der Waals surface area contributed by atoms with Crippen molar-refractivity contribution in [2.24, 2.45) is 5.92 Å². The summed E-state index contributed by atoms with van der Waals surface area (Å²) in [5, 5.41) is 12.1. The van der Waals surface area contributed by atoms with Crippen LogP contribution in [0.1, 0.15) is 50.9 Å². The van der Waals surface area contributed by atoms with Crippen LogP contribution in [-0.4, -0.2) is 67.4 Å². The van der Waals surface area contributed by atoms with E-state index in [9.17, 15) is 0 Å². The fraction of sp³-hybridized carbons (Fsp3) is 0.484. The Kier molecular flexibility index (Phi) is 7.61. The normalized spacial score (nSPS) is 17.2. The molecular formula is C31H38FN7O2. The monoisotopic (exact) mass is 559 g/mol. The number of imidazole rings is 1. The molecule has 1 fully saturated rings. The highest BCUT2D eigenvalue weighted by atomic mass is 19.1. The average Bonchev–Trinajstić information content (AvgIpc) is 3.50. The van der Waals surface area contributed by atoms with Crippen LogP contribution in [0.4, 0.5) is 16.2 Å². The Morgan fingerprint density at radius 3 is 2.71 bits per heavy atom. The van der Waals surface area contributed by atoms with Crippen molar-refractivity contribution < 1.29 is 14.2 Å². The summed E-state index contributed by atoms with van der Waals surface area (Å²) in [4.78, 5) is 20.4. The molecule has 0 saturated carbocycles. The number of nitrogens with zero attached hydrogens (tertiary/aromatic N) is 6. The van der Waals surface area contributed by atoms with Gasteiger partial charge >= 0.3 is 0 Å². The summed E-state index contributed by atoms with van der Waals surface area (Å²) in [5.74, 6) is 2.64. The molecule has 1 saturated heterocycles. The van der Waals surface area contributed by atoms with Gasteiger partial charge in [0.25, 0.3) is 0 Å². The molecule has 2 aliphatic rings. The molecule has 0 spiro atoms. The number of likely N-dealkylation sites (tertiary alicyclic amines) is 1. The van der Waals surface area contributed by atoms with Crippen molar-refractivity contribution in [1.29, 1.82) is 0 Å². The molecule has 10 heteroatoms. The number of halogens is 1. The number of aryl methyl sites for hydroxylation is 2. The first-order valence-electron chi connectivity index (χ1n) is 14.6. The number of ether oxygens (including phenoxy) is 1. The van der Waals surface area contributed by atoms with E-state index in [0.29, 0.717) is 29.7 Å². The smallest absolute Gasteiger partial charge is 0.229 e. The molecular weight excluding hydrogens is 521 g/mol. The van der Waals surface area contributed by atoms with Crippen molar-refractivity contribution in [3.63, 3.8) is 0 Å². The lowest BCUT2D eigenvalue weighted by atomic mass is 9.98. The van der Waals surface area contributed by atoms with Crippen molar-refractivity contribution in [2.45, 2.75) is 58.4 Å². The number of hydrogen-bond donors (Lipinski definition) is 2. The van der Waals surface area contributed by atoms with Gasteiger partial charge in [0.05, 0.1) is 30.0 Å². The number of fused-ring (bicyclic) bond motifs is 3. The lowest BCUT2D eigenvalue weighted by Crippen LogP contribution is -2.36. The molecule has 0 unspecified atom stereocenters. The summed E-state index contributed by atoms with van der Waals surface area (Å²) in [6, 6.07) is 7.61. The molecule has 3 aromatic heterocycles. The van der Waals surface area contributed by atoms with E-state index in [1.165, 1.54) is 6.20 Å². The first-order chi connectivity index (χ1) is 19.8. The zero-order valence-corrected chi connectivity index (χ0v) is 24.0. The molecule has 2 N–H and O–H groups in total. The largest absolute Gasteiger partial charge is 0.492 e. The van der Waals surface area contributed by atoms with Gasteiger partial charge in [-0.25, -0.2) is 24.3 Å². The van der Waals surface area contributed by atoms with Crippen LogP contribution in [0.15, 0.2) is 36.7 Å². The van der Waals surface area contributed by atoms with Crippen molar-refractivity contribution in [2.75, 3.05) is 38.2 Å². The van der Waals surface area contributed by atoms with E-state index >= 15 is 4.39 Å². The number of benzene rings is 1. The number of aliphatic hydroxyl groups is 1. The summed E-state index contributed by atoms with van der Waals surface area (Å²) in [6.45, 7) is 10.4. The number of aliphatic hydroxyl groups excluding tert-OH is 1. The average molecular weight is 560 g/mol. The maximum atomic E-state index is 15.0. The zero-order valence-electron chi connectivity index (χ0n) is 24.0. The molecule has 216 valence electrons. The van der Waals surface area contributed by atoms with Crippen LogP contribution >= 0.6 is 0 Å². The number of anilines is 2. The quantitative estimate of drug-likeness (QED) is 0.287. The molecule has 2 aliphatic heterocycles. The summed E-state index contributed by atoms with van der Waals surface area (Å²) in [5.41, 5.74) is 3.85. The van der Waals surface area contributed by atoms with Crippen molar-refractivity contribution in [1.82, 2.24) is 29.4 Å². The highest BCUT2D eigenvalue weighted by molar-refractivity contribution is 5.86. The molecule has 0 atom stereocenters. The van der Waals surface area contributed by atoms with Crippen LogP contribution < -0.4 is 10.1 Å². The number of nitrogens with one attached hydrogen (secondary N) is 1. The molecule has 9 nitrogen and oxygen atoms in total. The van der Waals surface area contributed by atoms with Gasteiger partial charge in [0.1, 0.15) is 23.1 Å². The van der Waals surface area contributed by atoms with Crippen LogP contribution in [0.3, 0.4) is 0 Å². The van der Waals surface area contributed by atoms with Crippen LogP contribution in [0, 0.1) is 18.7 Å². The third-order valence-electron chi connectivity index (χ3n) is 8.41. The Labute approximate surface area is 239 Å². The van der Waals surface area contributed by atoms with E-state index in [1.54, 1.807) is 6.20 Å². The Hall–Kier alpha value is -3.63. The molecule has 0 amide bonds. The van der Waals surface area contributed by atoms with E-state index in [0.717, 1.165) is 74.2 Å². The van der Waals surface area contributed by atoms with Gasteiger partial charge in [-0.2, -0.15) is 0 Å². The molecule has 0 bridgehead atoms. The zero-order chi connectivity index (χ0) is 28.6. The molecule has 1 aromatic carbocycles. The van der Waals surface area contributed by atoms with Gasteiger partial charge in [-0.05, 0) is 95.3 Å². The molecule has 41 heavy (non-hydrogen) atoms. The second kappa shape index (κ2) is 11.3. The van der Waals surface area contributed by atoms with Gasteiger partial charge in [-0.15, -0.1) is 0 Å². The van der Waals surface area contributed by atoms with Crippen molar-refractivity contribution >= 4 is 22.8 Å². The maximum Gasteiger partial charge on any atom is 0.229 e. The van der Waals surface area contributed by atoms with Crippen LogP contribution in [0.2, 0.25) is 0 Å². The molecule has 0 radical (unpaired) electrons. The van der Waals surface area contributed by atoms with Crippen molar-refractivity contribution in [3.8, 4) is 17.0 Å². The minimum absolute atomic E-state index is 0.0359. The van der Waals surface area contributed by atoms with Gasteiger partial charge in [0.2, 0.25) is 5.95 Å². The maximum absolute atomic E-state index is 15.0. The topological polar surface area (TPSA) is 101 Å². The van der Waals surface area contributed by atoms with Gasteiger partial charge in [-0.1, -0.05) is 0 Å². The second-order valence-electron chi connectivity index (χ2n) is 11.9. The van der Waals surface area contributed by atoms with Crippen molar-refractivity contribution in [3.05, 3.63) is 53.9 Å². The fourth-order valence-electron chi connectivity index (χ4n) is 6.07. The molecule has 5 heterocycles. The van der Waals surface area contributed by atoms with E-state index in [2.05, 4.69) is 43.6 Å². The second-order valence-corrected chi connectivity index (χ2v) is 11.9. The number of pyridine rings is 1. The SMILES string of the molecule is Cc1cc(-c2nc(Nc3ccc(OCC4CCN(CCCO)CC4)cn3)ncc2F)cc2c1nc1n2C(C)(C)CC1. The van der Waals surface area contributed by atoms with E-state index < -0.39 is 5.82 Å². The standard InChI is InChI=1S/C31H38FN7O2/c1-20-15-22(16-25-28(20)36-27-7-10-31(2,3)39(25)27)29-24(32)18-34-30(37-29)35-26-6-5-23(17-33-26)41-19-21-8-12-38(13-9-21)11-4-14-40/h5-6,15-18,21,40H,4,7-14,19H2,1-3H3,(H,33,34,35,37). The Morgan fingerprint density at radius 1 is 1.12 bits per heavy atom. The third-order valence-corrected chi connectivity index (χ3v) is 8.41. The minimum Gasteiger partial charge on any atom is -0.492 e. The summed E-state index contributed by atoms with van der Waals surface area (Å²) < 4.78 is 23.3. The van der Waals surface area contributed by atoms with E-state index in [1.807, 2.05) is 31.2 Å². The number of hydrogen-bond acceptors (Lipinski definition) is 8. The Morgan fingerprint density at radius 2 is 1.95 bits per heavy atom. The van der Waals surface area contributed by atoms with E-state index in [-0.39, 0.29) is 23.8 Å². The Bertz CT molecular complexity index is 1530. The van der Waals surface area contributed by atoms with Crippen LogP contribution in [-0.2, 0) is 12.0 Å². The predicted octanol–water partition coefficient (Wildman–Crippen LogP) is 5.23. The minimum atomic E-state index is -0.481. The van der Waals surface area contributed by atoms with Gasteiger partial charge in [0, 0.05) is 30.7 Å². The summed E-state index contributed by atoms with van der Waals surface area (Å²) in [6.07, 6.45) is 7.87. The molecule has 6 rings (SSSR count). The highest BCUT2D eigenvalue weighted by Crippen LogP contribution is 2.38. The molecule has 4 aromatic rings. The lowest BCUT2D eigenvalue weighted by Gasteiger charge is -2.31. The Balaban J connectivity index is 1.13. The number of aromatic nitrogens is 5. The number of piperidine rings is 1. The molecule has 0 aliphatic carbocycles.